The maximum atomic E-state index is 12.6. The maximum absolute atomic E-state index is 12.6. The van der Waals surface area contributed by atoms with Crippen molar-refractivity contribution in [2.75, 3.05) is 50.7 Å². The number of nitrogens with zero attached hydrogens (tertiary/aromatic N) is 3. The van der Waals surface area contributed by atoms with Gasteiger partial charge in [-0.3, -0.25) is 19.3 Å². The Bertz CT molecular complexity index is 786. The first-order valence-electron chi connectivity index (χ1n) is 12.2. The predicted octanol–water partition coefficient (Wildman–Crippen LogP) is 2.27. The van der Waals surface area contributed by atoms with E-state index >= 15 is 0 Å². The van der Waals surface area contributed by atoms with Crippen molar-refractivity contribution in [1.82, 2.24) is 15.1 Å². The minimum atomic E-state index is -0.294. The number of carbonyl (C=O) groups is 3. The van der Waals surface area contributed by atoms with Crippen LogP contribution in [0.4, 0.5) is 5.69 Å². The fraction of sp³-hybridized carbons (Fsp3) is 0.640. The first-order chi connectivity index (χ1) is 15.6. The lowest BCUT2D eigenvalue weighted by atomic mass is 9.86. The Hall–Kier alpha value is -2.41. The van der Waals surface area contributed by atoms with E-state index in [2.05, 4.69) is 10.2 Å². The molecule has 4 rings (SSSR count). The Balaban J connectivity index is 1.13. The molecule has 7 nitrogen and oxygen atoms in total. The number of hydrogen-bond donors (Lipinski definition) is 1. The molecule has 1 aromatic rings. The zero-order chi connectivity index (χ0) is 22.3. The standard InChI is InChI=1S/C25H36N4O3/c30-23(17-20-7-3-1-4-8-20)28-15-13-27(14-16-28)12-11-26-25(32)21-18-24(31)29(19-21)22-9-5-2-6-10-22/h2,5-6,9-10,20-21H,1,3-4,7-8,11-19H2,(H,26,32). The van der Waals surface area contributed by atoms with E-state index in [4.69, 9.17) is 0 Å². The summed E-state index contributed by atoms with van der Waals surface area (Å²) in [5.74, 6) is 0.573. The molecule has 32 heavy (non-hydrogen) atoms. The van der Waals surface area contributed by atoms with E-state index in [1.807, 2.05) is 35.2 Å². The highest BCUT2D eigenvalue weighted by Crippen LogP contribution is 2.27. The second-order valence-corrected chi connectivity index (χ2v) is 9.46. The van der Waals surface area contributed by atoms with Crippen LogP contribution < -0.4 is 10.2 Å². The lowest BCUT2D eigenvalue weighted by molar-refractivity contribution is -0.134. The van der Waals surface area contributed by atoms with E-state index in [-0.39, 0.29) is 24.2 Å². The molecule has 1 atom stereocenters. The SMILES string of the molecule is O=C(NCCN1CCN(C(=O)CC2CCCCC2)CC1)C1CC(=O)N(c2ccccc2)C1. The minimum Gasteiger partial charge on any atom is -0.355 e. The largest absolute Gasteiger partial charge is 0.355 e. The number of nitrogens with one attached hydrogen (secondary N) is 1. The Kier molecular flexibility index (Phi) is 7.79. The average Bonchev–Trinajstić information content (AvgIpc) is 3.22. The summed E-state index contributed by atoms with van der Waals surface area (Å²) in [5.41, 5.74) is 0.851. The maximum Gasteiger partial charge on any atom is 0.227 e. The first-order valence-corrected chi connectivity index (χ1v) is 12.2. The van der Waals surface area contributed by atoms with E-state index in [0.717, 1.165) is 44.8 Å². The number of benzene rings is 1. The van der Waals surface area contributed by atoms with Crippen LogP contribution in [0, 0.1) is 11.8 Å². The number of rotatable bonds is 7. The fourth-order valence-electron chi connectivity index (χ4n) is 5.21. The molecule has 0 spiro atoms. The molecule has 7 heteroatoms. The van der Waals surface area contributed by atoms with Crippen LogP contribution in [0.15, 0.2) is 30.3 Å². The van der Waals surface area contributed by atoms with E-state index < -0.39 is 0 Å². The van der Waals surface area contributed by atoms with Gasteiger partial charge in [0, 0.05) is 64.3 Å². The van der Waals surface area contributed by atoms with Crippen LogP contribution in [-0.4, -0.2) is 73.3 Å². The molecule has 1 saturated carbocycles. The zero-order valence-electron chi connectivity index (χ0n) is 19.0. The monoisotopic (exact) mass is 440 g/mol. The van der Waals surface area contributed by atoms with Crippen LogP contribution in [0.2, 0.25) is 0 Å². The third kappa shape index (κ3) is 5.88. The summed E-state index contributed by atoms with van der Waals surface area (Å²) < 4.78 is 0. The summed E-state index contributed by atoms with van der Waals surface area (Å²) in [5, 5.41) is 3.01. The topological polar surface area (TPSA) is 73.0 Å². The molecule has 0 bridgehead atoms. The van der Waals surface area contributed by atoms with E-state index in [9.17, 15) is 14.4 Å². The number of amides is 3. The lowest BCUT2D eigenvalue weighted by Crippen LogP contribution is -2.50. The molecule has 2 saturated heterocycles. The van der Waals surface area contributed by atoms with Crippen molar-refractivity contribution < 1.29 is 14.4 Å². The molecule has 2 aliphatic heterocycles. The van der Waals surface area contributed by atoms with Gasteiger partial charge in [-0.05, 0) is 30.9 Å². The van der Waals surface area contributed by atoms with Crippen molar-refractivity contribution >= 4 is 23.4 Å². The Labute approximate surface area is 191 Å². The van der Waals surface area contributed by atoms with Crippen LogP contribution in [0.25, 0.3) is 0 Å². The molecule has 1 aromatic carbocycles. The van der Waals surface area contributed by atoms with Crippen LogP contribution in [0.5, 0.6) is 0 Å². The molecular weight excluding hydrogens is 404 g/mol. The van der Waals surface area contributed by atoms with Gasteiger partial charge in [-0.25, -0.2) is 0 Å². The highest BCUT2D eigenvalue weighted by Gasteiger charge is 2.35. The predicted molar refractivity (Wildman–Crippen MR) is 124 cm³/mol. The van der Waals surface area contributed by atoms with Gasteiger partial charge >= 0.3 is 0 Å². The highest BCUT2D eigenvalue weighted by atomic mass is 16.2. The van der Waals surface area contributed by atoms with Gasteiger partial charge in [0.25, 0.3) is 0 Å². The number of hydrogen-bond acceptors (Lipinski definition) is 4. The quantitative estimate of drug-likeness (QED) is 0.706. The molecule has 1 aliphatic carbocycles. The highest BCUT2D eigenvalue weighted by molar-refractivity contribution is 6.00. The normalized spacial score (nSPS) is 22.9. The molecule has 3 fully saturated rings. The van der Waals surface area contributed by atoms with Crippen molar-refractivity contribution in [3.63, 3.8) is 0 Å². The van der Waals surface area contributed by atoms with E-state index in [1.165, 1.54) is 32.1 Å². The van der Waals surface area contributed by atoms with Crippen molar-refractivity contribution in [3.8, 4) is 0 Å². The van der Waals surface area contributed by atoms with Gasteiger partial charge in [0.05, 0.1) is 5.92 Å². The molecule has 174 valence electrons. The summed E-state index contributed by atoms with van der Waals surface area (Å²) in [6, 6.07) is 9.52. The number of para-hydroxylation sites is 1. The molecular formula is C25H36N4O3. The van der Waals surface area contributed by atoms with Crippen molar-refractivity contribution in [1.29, 1.82) is 0 Å². The van der Waals surface area contributed by atoms with Gasteiger partial charge in [-0.1, -0.05) is 37.5 Å². The number of anilines is 1. The lowest BCUT2D eigenvalue weighted by Gasteiger charge is -2.35. The first kappa shape index (κ1) is 22.8. The third-order valence-electron chi connectivity index (χ3n) is 7.20. The Morgan fingerprint density at radius 1 is 0.969 bits per heavy atom. The molecule has 1 N–H and O–H groups in total. The smallest absolute Gasteiger partial charge is 0.227 e. The summed E-state index contributed by atoms with van der Waals surface area (Å²) in [7, 11) is 0. The molecule has 3 aliphatic rings. The van der Waals surface area contributed by atoms with E-state index in [1.54, 1.807) is 4.90 Å². The van der Waals surface area contributed by atoms with Crippen LogP contribution in [-0.2, 0) is 14.4 Å². The Morgan fingerprint density at radius 2 is 1.69 bits per heavy atom. The van der Waals surface area contributed by atoms with E-state index in [0.29, 0.717) is 24.9 Å². The summed E-state index contributed by atoms with van der Waals surface area (Å²) >= 11 is 0. The molecule has 1 unspecified atom stereocenters. The van der Waals surface area contributed by atoms with Crippen molar-refractivity contribution in [3.05, 3.63) is 30.3 Å². The summed E-state index contributed by atoms with van der Waals surface area (Å²) in [4.78, 5) is 43.5. The second-order valence-electron chi connectivity index (χ2n) is 9.46. The fourth-order valence-corrected chi connectivity index (χ4v) is 5.21. The summed E-state index contributed by atoms with van der Waals surface area (Å²) in [6.45, 7) is 5.07. The third-order valence-corrected chi connectivity index (χ3v) is 7.20. The molecule has 0 radical (unpaired) electrons. The molecule has 2 heterocycles. The van der Waals surface area contributed by atoms with Gasteiger partial charge < -0.3 is 15.1 Å². The average molecular weight is 441 g/mol. The Morgan fingerprint density at radius 3 is 2.41 bits per heavy atom. The number of carbonyl (C=O) groups excluding carboxylic acids is 3. The molecule has 3 amide bonds. The van der Waals surface area contributed by atoms with Gasteiger partial charge in [-0.15, -0.1) is 0 Å². The zero-order valence-corrected chi connectivity index (χ0v) is 19.0. The van der Waals surface area contributed by atoms with Gasteiger partial charge in [0.15, 0.2) is 0 Å². The molecule has 0 aromatic heterocycles. The minimum absolute atomic E-state index is 0.00497. The number of piperazine rings is 1. The van der Waals surface area contributed by atoms with Gasteiger partial charge in [0.2, 0.25) is 17.7 Å². The summed E-state index contributed by atoms with van der Waals surface area (Å²) in [6.07, 6.45) is 7.27. The van der Waals surface area contributed by atoms with Crippen molar-refractivity contribution in [2.24, 2.45) is 11.8 Å². The van der Waals surface area contributed by atoms with Crippen LogP contribution in [0.1, 0.15) is 44.9 Å². The van der Waals surface area contributed by atoms with Gasteiger partial charge in [-0.2, -0.15) is 0 Å². The van der Waals surface area contributed by atoms with Crippen LogP contribution in [0.3, 0.4) is 0 Å². The van der Waals surface area contributed by atoms with Crippen molar-refractivity contribution in [2.45, 2.75) is 44.9 Å². The van der Waals surface area contributed by atoms with Gasteiger partial charge in [0.1, 0.15) is 0 Å². The van der Waals surface area contributed by atoms with Crippen LogP contribution >= 0.6 is 0 Å². The second kappa shape index (κ2) is 10.9.